The van der Waals surface area contributed by atoms with Crippen LogP contribution in [0.4, 0.5) is 0 Å². The van der Waals surface area contributed by atoms with Crippen LogP contribution in [0.1, 0.15) is 25.3 Å². The second kappa shape index (κ2) is 10.6. The van der Waals surface area contributed by atoms with Crippen molar-refractivity contribution >= 4 is 5.91 Å². The van der Waals surface area contributed by atoms with E-state index in [-0.39, 0.29) is 11.9 Å². The zero-order valence-corrected chi connectivity index (χ0v) is 16.1. The zero-order chi connectivity index (χ0) is 19.6. The first kappa shape index (κ1) is 20.1. The minimum absolute atomic E-state index is 0.0322. The molecular formula is C21H27N3O4. The van der Waals surface area contributed by atoms with E-state index in [2.05, 4.69) is 22.5 Å². The standard InChI is InChI=1S/C21H27N3O4/c1-2-11-27-18-5-7-19(8-6-18)28-21-16(4-3-9-23-21)14-24-20(25)13-17-15-26-12-10-22-17/h3-9,17,22H,2,10-15H2,1H3,(H,24,25). The van der Waals surface area contributed by atoms with Crippen molar-refractivity contribution in [1.82, 2.24) is 15.6 Å². The highest BCUT2D eigenvalue weighted by molar-refractivity contribution is 5.76. The van der Waals surface area contributed by atoms with Gasteiger partial charge in [-0.05, 0) is 36.8 Å². The van der Waals surface area contributed by atoms with Crippen LogP contribution in [0.5, 0.6) is 17.4 Å². The Kier molecular flexibility index (Phi) is 7.63. The lowest BCUT2D eigenvalue weighted by molar-refractivity contribution is -0.122. The molecule has 28 heavy (non-hydrogen) atoms. The van der Waals surface area contributed by atoms with Gasteiger partial charge in [-0.15, -0.1) is 0 Å². The number of morpholine rings is 1. The molecule has 7 nitrogen and oxygen atoms in total. The van der Waals surface area contributed by atoms with Crippen LogP contribution in [0.3, 0.4) is 0 Å². The maximum atomic E-state index is 12.2. The third kappa shape index (κ3) is 6.21. The number of hydrogen-bond acceptors (Lipinski definition) is 6. The van der Waals surface area contributed by atoms with Crippen molar-refractivity contribution < 1.29 is 19.0 Å². The molecule has 3 rings (SSSR count). The van der Waals surface area contributed by atoms with Crippen molar-refractivity contribution in [1.29, 1.82) is 0 Å². The van der Waals surface area contributed by atoms with E-state index in [0.29, 0.717) is 44.4 Å². The van der Waals surface area contributed by atoms with Gasteiger partial charge in [-0.1, -0.05) is 13.0 Å². The van der Waals surface area contributed by atoms with Crippen molar-refractivity contribution in [2.75, 3.05) is 26.4 Å². The van der Waals surface area contributed by atoms with Crippen LogP contribution in [0, 0.1) is 0 Å². The monoisotopic (exact) mass is 385 g/mol. The summed E-state index contributed by atoms with van der Waals surface area (Å²) in [5, 5.41) is 6.21. The quantitative estimate of drug-likeness (QED) is 0.691. The average Bonchev–Trinajstić information content (AvgIpc) is 2.73. The van der Waals surface area contributed by atoms with Gasteiger partial charge in [-0.2, -0.15) is 0 Å². The van der Waals surface area contributed by atoms with Crippen LogP contribution >= 0.6 is 0 Å². The van der Waals surface area contributed by atoms with Crippen molar-refractivity contribution in [2.24, 2.45) is 0 Å². The lowest BCUT2D eigenvalue weighted by Gasteiger charge is -2.23. The number of benzene rings is 1. The molecule has 1 atom stereocenters. The minimum atomic E-state index is -0.0322. The number of rotatable bonds is 9. The fourth-order valence-corrected chi connectivity index (χ4v) is 2.83. The number of nitrogens with one attached hydrogen (secondary N) is 2. The first-order valence-corrected chi connectivity index (χ1v) is 9.67. The minimum Gasteiger partial charge on any atom is -0.494 e. The predicted molar refractivity (Wildman–Crippen MR) is 106 cm³/mol. The Morgan fingerprint density at radius 3 is 2.86 bits per heavy atom. The molecule has 1 amide bonds. The van der Waals surface area contributed by atoms with E-state index in [0.717, 1.165) is 24.3 Å². The van der Waals surface area contributed by atoms with E-state index >= 15 is 0 Å². The van der Waals surface area contributed by atoms with Gasteiger partial charge in [-0.25, -0.2) is 4.98 Å². The van der Waals surface area contributed by atoms with Gasteiger partial charge in [0.25, 0.3) is 0 Å². The molecule has 2 N–H and O–H groups in total. The first-order chi connectivity index (χ1) is 13.7. The second-order valence-electron chi connectivity index (χ2n) is 6.60. The number of nitrogens with zero attached hydrogens (tertiary/aromatic N) is 1. The maximum absolute atomic E-state index is 12.2. The molecule has 1 fully saturated rings. The first-order valence-electron chi connectivity index (χ1n) is 9.67. The summed E-state index contributed by atoms with van der Waals surface area (Å²) in [4.78, 5) is 16.5. The molecule has 7 heteroatoms. The van der Waals surface area contributed by atoms with E-state index in [4.69, 9.17) is 14.2 Å². The van der Waals surface area contributed by atoms with Crippen LogP contribution in [-0.4, -0.2) is 43.3 Å². The maximum Gasteiger partial charge on any atom is 0.224 e. The van der Waals surface area contributed by atoms with Gasteiger partial charge in [0.15, 0.2) is 0 Å². The number of carbonyl (C=O) groups excluding carboxylic acids is 1. The number of hydrogen-bond donors (Lipinski definition) is 2. The molecule has 1 aromatic heterocycles. The molecule has 0 aliphatic carbocycles. The summed E-state index contributed by atoms with van der Waals surface area (Å²) in [5.74, 6) is 1.92. The predicted octanol–water partition coefficient (Wildman–Crippen LogP) is 2.66. The summed E-state index contributed by atoms with van der Waals surface area (Å²) in [6.07, 6.45) is 3.02. The highest BCUT2D eigenvalue weighted by Gasteiger charge is 2.17. The largest absolute Gasteiger partial charge is 0.494 e. The summed E-state index contributed by atoms with van der Waals surface area (Å²) in [5.41, 5.74) is 0.815. The SMILES string of the molecule is CCCOc1ccc(Oc2ncccc2CNC(=O)CC2COCCN2)cc1. The van der Waals surface area contributed by atoms with Crippen LogP contribution < -0.4 is 20.1 Å². The van der Waals surface area contributed by atoms with Gasteiger partial charge in [0.1, 0.15) is 11.5 Å². The third-order valence-electron chi connectivity index (χ3n) is 4.27. The molecule has 1 aliphatic heterocycles. The Morgan fingerprint density at radius 1 is 1.29 bits per heavy atom. The molecule has 1 saturated heterocycles. The topological polar surface area (TPSA) is 81.7 Å². The van der Waals surface area contributed by atoms with Crippen molar-refractivity contribution in [3.63, 3.8) is 0 Å². The van der Waals surface area contributed by atoms with Gasteiger partial charge in [0.2, 0.25) is 11.8 Å². The van der Waals surface area contributed by atoms with Crippen molar-refractivity contribution in [3.05, 3.63) is 48.2 Å². The molecule has 2 heterocycles. The number of amides is 1. The van der Waals surface area contributed by atoms with Crippen LogP contribution in [-0.2, 0) is 16.1 Å². The Bertz CT molecular complexity index is 746. The second-order valence-corrected chi connectivity index (χ2v) is 6.60. The molecule has 1 aromatic carbocycles. The number of carbonyl (C=O) groups is 1. The fourth-order valence-electron chi connectivity index (χ4n) is 2.83. The van der Waals surface area contributed by atoms with Gasteiger partial charge in [0.05, 0.1) is 19.8 Å². The van der Waals surface area contributed by atoms with E-state index < -0.39 is 0 Å². The Balaban J connectivity index is 1.54. The fraction of sp³-hybridized carbons (Fsp3) is 0.429. The zero-order valence-electron chi connectivity index (χ0n) is 16.1. The Morgan fingerprint density at radius 2 is 2.11 bits per heavy atom. The highest BCUT2D eigenvalue weighted by atomic mass is 16.5. The van der Waals surface area contributed by atoms with Crippen LogP contribution in [0.2, 0.25) is 0 Å². The van der Waals surface area contributed by atoms with Gasteiger partial charge in [0, 0.05) is 37.3 Å². The van der Waals surface area contributed by atoms with E-state index in [1.807, 2.05) is 36.4 Å². The summed E-state index contributed by atoms with van der Waals surface area (Å²) in [7, 11) is 0. The summed E-state index contributed by atoms with van der Waals surface area (Å²) in [6, 6.07) is 11.2. The average molecular weight is 385 g/mol. The van der Waals surface area contributed by atoms with Crippen molar-refractivity contribution in [2.45, 2.75) is 32.4 Å². The van der Waals surface area contributed by atoms with E-state index in [1.54, 1.807) is 6.20 Å². The molecule has 1 unspecified atom stereocenters. The Hall–Kier alpha value is -2.64. The summed E-state index contributed by atoms with van der Waals surface area (Å²) < 4.78 is 16.9. The summed E-state index contributed by atoms with van der Waals surface area (Å²) >= 11 is 0. The van der Waals surface area contributed by atoms with E-state index in [1.165, 1.54) is 0 Å². The summed E-state index contributed by atoms with van der Waals surface area (Å²) in [6.45, 7) is 5.14. The van der Waals surface area contributed by atoms with Crippen molar-refractivity contribution in [3.8, 4) is 17.4 Å². The molecular weight excluding hydrogens is 358 g/mol. The number of ether oxygens (including phenoxy) is 3. The highest BCUT2D eigenvalue weighted by Crippen LogP contribution is 2.25. The smallest absolute Gasteiger partial charge is 0.224 e. The van der Waals surface area contributed by atoms with Crippen LogP contribution in [0.15, 0.2) is 42.6 Å². The molecule has 1 aliphatic rings. The lowest BCUT2D eigenvalue weighted by Crippen LogP contribution is -2.44. The number of pyridine rings is 1. The van der Waals surface area contributed by atoms with Gasteiger partial charge < -0.3 is 24.8 Å². The molecule has 150 valence electrons. The third-order valence-corrected chi connectivity index (χ3v) is 4.27. The van der Waals surface area contributed by atoms with Crippen LogP contribution in [0.25, 0.3) is 0 Å². The number of aromatic nitrogens is 1. The van der Waals surface area contributed by atoms with Gasteiger partial charge >= 0.3 is 0 Å². The molecule has 0 bridgehead atoms. The molecule has 0 radical (unpaired) electrons. The molecule has 0 saturated carbocycles. The lowest BCUT2D eigenvalue weighted by atomic mass is 10.2. The molecule has 0 spiro atoms. The normalized spacial score (nSPS) is 16.4. The molecule has 2 aromatic rings. The van der Waals surface area contributed by atoms with Gasteiger partial charge in [-0.3, -0.25) is 4.79 Å². The Labute approximate surface area is 165 Å². The van der Waals surface area contributed by atoms with E-state index in [9.17, 15) is 4.79 Å².